The number of hydrogen-bond donors (Lipinski definition) is 7. The highest BCUT2D eigenvalue weighted by molar-refractivity contribution is 6.48. The van der Waals surface area contributed by atoms with E-state index in [0.717, 1.165) is 12.8 Å². The van der Waals surface area contributed by atoms with E-state index in [1.165, 1.54) is 4.90 Å². The molecule has 0 aromatic carbocycles. The summed E-state index contributed by atoms with van der Waals surface area (Å²) in [6, 6.07) is -6.02. The lowest BCUT2D eigenvalue weighted by molar-refractivity contribution is -0.199. The van der Waals surface area contributed by atoms with Crippen molar-refractivity contribution in [3.8, 4) is 0 Å². The molecule has 0 radical (unpaired) electrons. The highest BCUT2D eigenvalue weighted by Gasteiger charge is 2.68. The maximum atomic E-state index is 14.2. The van der Waals surface area contributed by atoms with Crippen molar-refractivity contribution in [1.82, 2.24) is 26.2 Å². The summed E-state index contributed by atoms with van der Waals surface area (Å²) in [5.41, 5.74) is 5.36. The minimum Gasteiger partial charge on any atom is -0.481 e. The zero-order chi connectivity index (χ0) is 42.7. The van der Waals surface area contributed by atoms with E-state index in [2.05, 4.69) is 55.9 Å². The summed E-state index contributed by atoms with van der Waals surface area (Å²) >= 11 is 0. The average Bonchev–Trinajstić information content (AvgIpc) is 3.74. The molecule has 5 fully saturated rings. The minimum absolute atomic E-state index is 0.0539. The van der Waals surface area contributed by atoms with Crippen LogP contribution in [0.25, 0.3) is 0 Å². The van der Waals surface area contributed by atoms with Crippen molar-refractivity contribution in [2.75, 3.05) is 6.54 Å². The Morgan fingerprint density at radius 2 is 1.47 bits per heavy atom. The van der Waals surface area contributed by atoms with Crippen LogP contribution in [-0.2, 0) is 42.9 Å². The molecule has 5 amide bonds. The Morgan fingerprint density at radius 3 is 2.04 bits per heavy atom. The molecule has 18 heteroatoms. The van der Waals surface area contributed by atoms with Crippen molar-refractivity contribution in [2.24, 2.45) is 40.7 Å². The number of nitrogens with two attached hydrogens (primary N) is 1. The number of aliphatic carboxylic acids is 2. The molecule has 3 aliphatic carbocycles. The molecule has 8 N–H and O–H groups in total. The van der Waals surface area contributed by atoms with E-state index in [-0.39, 0.29) is 29.8 Å². The Kier molecular flexibility index (Phi) is 14.9. The van der Waals surface area contributed by atoms with Crippen molar-refractivity contribution < 1.29 is 53.1 Å². The van der Waals surface area contributed by atoms with Crippen molar-refractivity contribution in [2.45, 2.75) is 162 Å². The van der Waals surface area contributed by atoms with Gasteiger partial charge in [-0.15, -0.1) is 0 Å². The Bertz CT molecular complexity index is 1540. The lowest BCUT2D eigenvalue weighted by Crippen LogP contribution is -2.65. The number of rotatable bonds is 19. The van der Waals surface area contributed by atoms with Gasteiger partial charge in [0.25, 0.3) is 0 Å². The minimum atomic E-state index is -1.50. The zero-order valence-electron chi connectivity index (χ0n) is 35.0. The Hall–Kier alpha value is -3.77. The molecule has 57 heavy (non-hydrogen) atoms. The standard InChI is InChI=1S/C39H65BN6O11/c1-19(2)15-28(40-56-27-17-22-16-26(38(22,7)8)39(27,9)57-40)43-35(53)25-11-10-14-46(25)37(55)32(21(5)6)45-36(54)31(20(3)4)44-34(52)24(12-13-29(47)48)42-33(51)23(41)18-30(49)50/h19-28,31-32H,10-18,41H2,1-9H3,(H,42,51)(H,43,53)(H,44,52)(H,45,54)(H,47,48)(H,49,50)/t22-,23-,24-,25+,26-,27+,28-,31-,32-,39-/m0/s1. The second-order valence-corrected chi connectivity index (χ2v) is 18.4. The Balaban J connectivity index is 1.44. The molecule has 5 rings (SSSR count). The summed E-state index contributed by atoms with van der Waals surface area (Å²) in [6.45, 7) is 18.0. The van der Waals surface area contributed by atoms with Crippen molar-refractivity contribution >= 4 is 48.6 Å². The molecule has 2 heterocycles. The molecule has 0 unspecified atom stereocenters. The molecule has 0 aromatic rings. The lowest BCUT2D eigenvalue weighted by atomic mass is 9.43. The first-order valence-corrected chi connectivity index (χ1v) is 20.5. The number of nitrogens with zero attached hydrogens (tertiary/aromatic N) is 1. The SMILES string of the molecule is CC(C)C[C@H](NC(=O)[C@H]1CCCN1C(=O)[C@@H](NC(=O)[C@@H](NC(=O)[C@H](CCC(=O)O)NC(=O)[C@@H](N)CC(=O)O)C(C)C)C(C)C)B1O[C@@H]2C[C@@H]3C[C@@H](C3(C)C)[C@]2(C)O1. The van der Waals surface area contributed by atoms with Gasteiger partial charge >= 0.3 is 19.1 Å². The molecule has 2 bridgehead atoms. The summed E-state index contributed by atoms with van der Waals surface area (Å²) in [6.07, 6.45) is 1.99. The first kappa shape index (κ1) is 45.9. The normalized spacial score (nSPS) is 27.5. The maximum Gasteiger partial charge on any atom is 0.481 e. The fourth-order valence-electron chi connectivity index (χ4n) is 9.22. The molecule has 3 saturated carbocycles. The number of carboxylic acids is 2. The van der Waals surface area contributed by atoms with Gasteiger partial charge in [0, 0.05) is 13.0 Å². The molecule has 17 nitrogen and oxygen atoms in total. The molecule has 0 aromatic heterocycles. The van der Waals surface area contributed by atoms with E-state index >= 15 is 0 Å². The highest BCUT2D eigenvalue weighted by Crippen LogP contribution is 2.65. The number of hydrogen-bond acceptors (Lipinski definition) is 10. The number of amides is 5. The molecule has 320 valence electrons. The van der Waals surface area contributed by atoms with Crippen LogP contribution in [0.5, 0.6) is 0 Å². The van der Waals surface area contributed by atoms with Crippen LogP contribution < -0.4 is 27.0 Å². The second kappa shape index (κ2) is 18.4. The van der Waals surface area contributed by atoms with Gasteiger partial charge in [0.15, 0.2) is 0 Å². The van der Waals surface area contributed by atoms with E-state index < -0.39 is 109 Å². The summed E-state index contributed by atoms with van der Waals surface area (Å²) in [5.74, 6) is -6.13. The van der Waals surface area contributed by atoms with Crippen LogP contribution in [0.3, 0.4) is 0 Å². The monoisotopic (exact) mass is 804 g/mol. The third-order valence-electron chi connectivity index (χ3n) is 12.7. The first-order valence-electron chi connectivity index (χ1n) is 20.5. The van der Waals surface area contributed by atoms with E-state index in [1.54, 1.807) is 27.7 Å². The fourth-order valence-corrected chi connectivity index (χ4v) is 9.22. The largest absolute Gasteiger partial charge is 0.481 e. The number of carboxylic acid groups (broad SMARTS) is 2. The predicted octanol–water partition coefficient (Wildman–Crippen LogP) is 1.21. The molecule has 0 spiro atoms. The predicted molar refractivity (Wildman–Crippen MR) is 209 cm³/mol. The van der Waals surface area contributed by atoms with Gasteiger partial charge in [-0.25, -0.2) is 0 Å². The molecule has 2 saturated heterocycles. The van der Waals surface area contributed by atoms with Crippen LogP contribution in [0.2, 0.25) is 0 Å². The maximum absolute atomic E-state index is 14.2. The number of carbonyl (C=O) groups is 7. The van der Waals surface area contributed by atoms with E-state index in [1.807, 2.05) is 0 Å². The number of nitrogens with one attached hydrogen (secondary N) is 4. The van der Waals surface area contributed by atoms with Gasteiger partial charge in [-0.2, -0.15) is 0 Å². The zero-order valence-corrected chi connectivity index (χ0v) is 35.0. The van der Waals surface area contributed by atoms with Gasteiger partial charge in [0.05, 0.1) is 30.1 Å². The van der Waals surface area contributed by atoms with Crippen LogP contribution in [0.15, 0.2) is 0 Å². The number of carbonyl (C=O) groups excluding carboxylic acids is 5. The quantitative estimate of drug-likeness (QED) is 0.0910. The smallest absolute Gasteiger partial charge is 0.481 e. The van der Waals surface area contributed by atoms with Crippen molar-refractivity contribution in [3.63, 3.8) is 0 Å². The third kappa shape index (κ3) is 10.5. The fraction of sp³-hybridized carbons (Fsp3) is 0.821. The van der Waals surface area contributed by atoms with Gasteiger partial charge < -0.3 is 51.4 Å². The molecular formula is C39H65BN6O11. The van der Waals surface area contributed by atoms with Crippen LogP contribution >= 0.6 is 0 Å². The lowest BCUT2D eigenvalue weighted by Gasteiger charge is -2.64. The topological polar surface area (TPSA) is 256 Å². The van der Waals surface area contributed by atoms with Gasteiger partial charge in [-0.1, -0.05) is 55.4 Å². The van der Waals surface area contributed by atoms with Crippen LogP contribution in [0, 0.1) is 35.0 Å². The second-order valence-electron chi connectivity index (χ2n) is 18.4. The number of likely N-dealkylation sites (tertiary alicyclic amines) is 1. The summed E-state index contributed by atoms with van der Waals surface area (Å²) in [5, 5.41) is 29.1. The van der Waals surface area contributed by atoms with Crippen LogP contribution in [0.1, 0.15) is 114 Å². The summed E-state index contributed by atoms with van der Waals surface area (Å²) < 4.78 is 13.3. The third-order valence-corrected chi connectivity index (χ3v) is 12.7. The first-order chi connectivity index (χ1) is 26.5. The Morgan fingerprint density at radius 1 is 0.842 bits per heavy atom. The molecular weight excluding hydrogens is 739 g/mol. The van der Waals surface area contributed by atoms with Crippen molar-refractivity contribution in [1.29, 1.82) is 0 Å². The average molecular weight is 805 g/mol. The van der Waals surface area contributed by atoms with Gasteiger partial charge in [-0.3, -0.25) is 33.6 Å². The van der Waals surface area contributed by atoms with E-state index in [9.17, 15) is 38.7 Å². The summed E-state index contributed by atoms with van der Waals surface area (Å²) in [7, 11) is -0.628. The van der Waals surface area contributed by atoms with Gasteiger partial charge in [0.2, 0.25) is 29.5 Å². The van der Waals surface area contributed by atoms with Crippen LogP contribution in [0.4, 0.5) is 0 Å². The van der Waals surface area contributed by atoms with Gasteiger partial charge in [-0.05, 0) is 80.5 Å². The summed E-state index contributed by atoms with van der Waals surface area (Å²) in [4.78, 5) is 92.0. The Labute approximate surface area is 336 Å². The van der Waals surface area contributed by atoms with Gasteiger partial charge in [0.1, 0.15) is 24.2 Å². The van der Waals surface area contributed by atoms with E-state index in [4.69, 9.17) is 20.1 Å². The highest BCUT2D eigenvalue weighted by atomic mass is 16.7. The van der Waals surface area contributed by atoms with Crippen LogP contribution in [-0.4, -0.2) is 118 Å². The molecule has 2 aliphatic heterocycles. The van der Waals surface area contributed by atoms with Crippen molar-refractivity contribution in [3.05, 3.63) is 0 Å². The molecule has 5 aliphatic rings. The van der Waals surface area contributed by atoms with E-state index in [0.29, 0.717) is 37.6 Å². The molecule has 10 atom stereocenters.